The zero-order valence-corrected chi connectivity index (χ0v) is 14.6. The highest BCUT2D eigenvalue weighted by Crippen LogP contribution is 2.37. The second-order valence-corrected chi connectivity index (χ2v) is 6.50. The lowest BCUT2D eigenvalue weighted by Crippen LogP contribution is -2.19. The highest BCUT2D eigenvalue weighted by Gasteiger charge is 2.28. The number of rotatable bonds is 3. The normalized spacial score (nSPS) is 13.8. The van der Waals surface area contributed by atoms with Crippen molar-refractivity contribution in [2.24, 2.45) is 0 Å². The van der Waals surface area contributed by atoms with E-state index in [9.17, 15) is 14.0 Å². The topological polar surface area (TPSA) is 77.0 Å². The first-order valence-electron chi connectivity index (χ1n) is 8.03. The van der Waals surface area contributed by atoms with E-state index in [4.69, 9.17) is 17.0 Å². The predicted octanol–water partition coefficient (Wildman–Crippen LogP) is 3.38. The monoisotopic (exact) mass is 371 g/mol. The Hall–Kier alpha value is -2.87. The lowest BCUT2D eigenvalue weighted by molar-refractivity contribution is 0.0603. The molecule has 1 N–H and O–H groups in total. The molecule has 132 valence electrons. The minimum Gasteiger partial charge on any atom is -0.465 e. The van der Waals surface area contributed by atoms with Crippen LogP contribution in [0.5, 0.6) is 0 Å². The standard InChI is InChI=1S/C18H14FN3O3S/c1-25-17(24)12-8-13(9-2-4-10(19)5-3-9)20-15-14(12)16(23)21-18(26)22(15)11-6-7-11/h2-5,8,11H,6-7H2,1H3,(H,21,23,26). The molecule has 6 nitrogen and oxygen atoms in total. The molecular formula is C18H14FN3O3S. The number of hydrogen-bond acceptors (Lipinski definition) is 5. The molecule has 0 spiro atoms. The zero-order valence-electron chi connectivity index (χ0n) is 13.8. The highest BCUT2D eigenvalue weighted by molar-refractivity contribution is 7.71. The summed E-state index contributed by atoms with van der Waals surface area (Å²) in [4.78, 5) is 32.0. The Kier molecular flexibility index (Phi) is 3.91. The minimum absolute atomic E-state index is 0.0995. The molecular weight excluding hydrogens is 357 g/mol. The van der Waals surface area contributed by atoms with Crippen LogP contribution in [0.1, 0.15) is 29.2 Å². The summed E-state index contributed by atoms with van der Waals surface area (Å²) in [6.45, 7) is 0. The fourth-order valence-corrected chi connectivity index (χ4v) is 3.29. The maximum absolute atomic E-state index is 13.2. The second kappa shape index (κ2) is 6.14. The molecule has 4 rings (SSSR count). The van der Waals surface area contributed by atoms with E-state index >= 15 is 0 Å². The molecule has 1 aromatic carbocycles. The van der Waals surface area contributed by atoms with Gasteiger partial charge in [0, 0.05) is 11.6 Å². The minimum atomic E-state index is -0.647. The maximum Gasteiger partial charge on any atom is 0.338 e. The fraction of sp³-hybridized carbons (Fsp3) is 0.222. The number of benzene rings is 1. The number of carbonyl (C=O) groups is 1. The number of nitrogens with one attached hydrogen (secondary N) is 1. The molecule has 2 aromatic heterocycles. The average molecular weight is 371 g/mol. The van der Waals surface area contributed by atoms with Crippen LogP contribution < -0.4 is 5.56 Å². The number of esters is 1. The van der Waals surface area contributed by atoms with Gasteiger partial charge in [-0.15, -0.1) is 0 Å². The molecule has 26 heavy (non-hydrogen) atoms. The maximum atomic E-state index is 13.2. The smallest absolute Gasteiger partial charge is 0.338 e. The van der Waals surface area contributed by atoms with Crippen LogP contribution in [-0.2, 0) is 4.74 Å². The van der Waals surface area contributed by atoms with Gasteiger partial charge in [-0.25, -0.2) is 14.2 Å². The van der Waals surface area contributed by atoms with Crippen molar-refractivity contribution >= 4 is 29.2 Å². The molecule has 0 aliphatic heterocycles. The van der Waals surface area contributed by atoms with Crippen molar-refractivity contribution in [3.8, 4) is 11.3 Å². The number of H-pyrrole nitrogens is 1. The van der Waals surface area contributed by atoms with Crippen LogP contribution in [0.15, 0.2) is 35.1 Å². The first kappa shape index (κ1) is 16.6. The number of fused-ring (bicyclic) bond motifs is 1. The van der Waals surface area contributed by atoms with E-state index in [0.717, 1.165) is 12.8 Å². The molecule has 0 atom stereocenters. The number of carbonyl (C=O) groups excluding carboxylic acids is 1. The summed E-state index contributed by atoms with van der Waals surface area (Å²) in [5.74, 6) is -1.02. The summed E-state index contributed by atoms with van der Waals surface area (Å²) in [6, 6.07) is 7.37. The third-order valence-electron chi connectivity index (χ3n) is 4.35. The van der Waals surface area contributed by atoms with E-state index in [1.54, 1.807) is 16.7 Å². The van der Waals surface area contributed by atoms with E-state index < -0.39 is 11.5 Å². The van der Waals surface area contributed by atoms with Crippen LogP contribution in [0.3, 0.4) is 0 Å². The third-order valence-corrected chi connectivity index (χ3v) is 4.65. The van der Waals surface area contributed by atoms with Crippen molar-refractivity contribution in [2.45, 2.75) is 18.9 Å². The van der Waals surface area contributed by atoms with E-state index in [0.29, 0.717) is 16.9 Å². The molecule has 0 bridgehead atoms. The van der Waals surface area contributed by atoms with Crippen molar-refractivity contribution < 1.29 is 13.9 Å². The van der Waals surface area contributed by atoms with Crippen molar-refractivity contribution in [3.05, 3.63) is 56.8 Å². The summed E-state index contributed by atoms with van der Waals surface area (Å²) in [5, 5.41) is 0.142. The van der Waals surface area contributed by atoms with Gasteiger partial charge in [0.15, 0.2) is 4.77 Å². The molecule has 1 aliphatic carbocycles. The Bertz CT molecular complexity index is 1150. The Morgan fingerprint density at radius 3 is 2.65 bits per heavy atom. The van der Waals surface area contributed by atoms with Gasteiger partial charge in [-0.1, -0.05) is 0 Å². The van der Waals surface area contributed by atoms with E-state index in [1.807, 2.05) is 0 Å². The van der Waals surface area contributed by atoms with E-state index in [1.165, 1.54) is 25.3 Å². The number of aromatic amines is 1. The van der Waals surface area contributed by atoms with Crippen molar-refractivity contribution in [1.29, 1.82) is 0 Å². The van der Waals surface area contributed by atoms with Gasteiger partial charge >= 0.3 is 5.97 Å². The summed E-state index contributed by atoms with van der Waals surface area (Å²) < 4.78 is 20.1. The Balaban J connectivity index is 2.11. The van der Waals surface area contributed by atoms with Crippen LogP contribution in [-0.4, -0.2) is 27.6 Å². The second-order valence-electron chi connectivity index (χ2n) is 6.11. The SMILES string of the molecule is COC(=O)c1cc(-c2ccc(F)cc2)nc2c1c(=O)[nH]c(=S)n2C1CC1. The lowest BCUT2D eigenvalue weighted by atomic mass is 10.1. The number of halogens is 1. The molecule has 1 saturated carbocycles. The fourth-order valence-electron chi connectivity index (χ4n) is 2.96. The summed E-state index contributed by atoms with van der Waals surface area (Å²) >= 11 is 5.30. The number of nitrogens with zero attached hydrogens (tertiary/aromatic N) is 2. The Labute approximate surface area is 152 Å². The van der Waals surface area contributed by atoms with Gasteiger partial charge in [-0.3, -0.25) is 14.3 Å². The quantitative estimate of drug-likeness (QED) is 0.564. The number of hydrogen-bond donors (Lipinski definition) is 1. The molecule has 0 amide bonds. The van der Waals surface area contributed by atoms with Gasteiger partial charge in [0.05, 0.1) is 23.8 Å². The number of methoxy groups -OCH3 is 1. The molecule has 0 radical (unpaired) electrons. The first-order valence-corrected chi connectivity index (χ1v) is 8.44. The number of pyridine rings is 1. The van der Waals surface area contributed by atoms with Crippen LogP contribution >= 0.6 is 12.2 Å². The van der Waals surface area contributed by atoms with E-state index in [-0.39, 0.29) is 27.6 Å². The van der Waals surface area contributed by atoms with Crippen molar-refractivity contribution in [2.75, 3.05) is 7.11 Å². The Morgan fingerprint density at radius 1 is 1.35 bits per heavy atom. The van der Waals surface area contributed by atoms with Crippen molar-refractivity contribution in [1.82, 2.24) is 14.5 Å². The predicted molar refractivity (Wildman–Crippen MR) is 96.2 cm³/mol. The van der Waals surface area contributed by atoms with Crippen molar-refractivity contribution in [3.63, 3.8) is 0 Å². The van der Waals surface area contributed by atoms with Gasteiger partial charge in [0.2, 0.25) is 0 Å². The molecule has 1 aliphatic rings. The number of ether oxygens (including phenoxy) is 1. The molecule has 1 fully saturated rings. The number of aromatic nitrogens is 3. The first-order chi connectivity index (χ1) is 12.5. The highest BCUT2D eigenvalue weighted by atomic mass is 32.1. The average Bonchev–Trinajstić information content (AvgIpc) is 3.45. The lowest BCUT2D eigenvalue weighted by Gasteiger charge is -2.13. The Morgan fingerprint density at radius 2 is 2.04 bits per heavy atom. The van der Waals surface area contributed by atoms with Gasteiger partial charge in [-0.2, -0.15) is 0 Å². The van der Waals surface area contributed by atoms with Crippen LogP contribution in [0.4, 0.5) is 4.39 Å². The van der Waals surface area contributed by atoms with Crippen LogP contribution in [0.2, 0.25) is 0 Å². The van der Waals surface area contributed by atoms with Crippen LogP contribution in [0, 0.1) is 10.6 Å². The van der Waals surface area contributed by atoms with Crippen LogP contribution in [0.25, 0.3) is 22.3 Å². The largest absolute Gasteiger partial charge is 0.465 e. The molecule has 8 heteroatoms. The van der Waals surface area contributed by atoms with Gasteiger partial charge in [0.1, 0.15) is 11.5 Å². The molecule has 3 aromatic rings. The van der Waals surface area contributed by atoms with Gasteiger partial charge in [-0.05, 0) is 55.4 Å². The van der Waals surface area contributed by atoms with Gasteiger partial charge in [0.25, 0.3) is 5.56 Å². The molecule has 0 saturated heterocycles. The van der Waals surface area contributed by atoms with Gasteiger partial charge < -0.3 is 4.74 Å². The zero-order chi connectivity index (χ0) is 18.4. The summed E-state index contributed by atoms with van der Waals surface area (Å²) in [6.07, 6.45) is 1.84. The molecule has 0 unspecified atom stereocenters. The molecule has 2 heterocycles. The third kappa shape index (κ3) is 2.72. The summed E-state index contributed by atoms with van der Waals surface area (Å²) in [7, 11) is 1.25. The summed E-state index contributed by atoms with van der Waals surface area (Å²) in [5.41, 5.74) is 1.01. The van der Waals surface area contributed by atoms with E-state index in [2.05, 4.69) is 9.97 Å².